The first-order valence-electron chi connectivity index (χ1n) is 8.36. The van der Waals surface area contributed by atoms with Gasteiger partial charge >= 0.3 is 0 Å². The summed E-state index contributed by atoms with van der Waals surface area (Å²) in [5.74, 6) is -0.390. The van der Waals surface area contributed by atoms with Crippen LogP contribution in [0.3, 0.4) is 0 Å². The average molecular weight is 399 g/mol. The maximum atomic E-state index is 14.2. The Morgan fingerprint density at radius 1 is 1.07 bits per heavy atom. The Labute approximate surface area is 167 Å². The molecule has 0 radical (unpaired) electrons. The van der Waals surface area contributed by atoms with Crippen molar-refractivity contribution in [2.75, 3.05) is 24.0 Å². The van der Waals surface area contributed by atoms with E-state index < -0.39 is 11.4 Å². The van der Waals surface area contributed by atoms with Crippen molar-refractivity contribution in [3.8, 4) is 17.6 Å². The van der Waals surface area contributed by atoms with Crippen LogP contribution in [-0.4, -0.2) is 30.8 Å². The van der Waals surface area contributed by atoms with Crippen molar-refractivity contribution >= 4 is 34.6 Å². The summed E-state index contributed by atoms with van der Waals surface area (Å²) in [6, 6.07) is 11.2. The topological polar surface area (TPSA) is 65.8 Å². The maximum absolute atomic E-state index is 14.2. The predicted octanol–water partition coefficient (Wildman–Crippen LogP) is 3.63. The number of hydrogen-bond donors (Lipinski definition) is 0. The second-order valence-corrected chi connectivity index (χ2v) is 7.00. The standard InChI is InChI=1S/C20H18FN3O3S/c1-20(2)18(25)23(13-6-5-12(11-22)17(10-13)27-4)19(28)24(20)14-7-8-16(26-3)15(21)9-14/h5-10H,1-4H3. The average Bonchev–Trinajstić information content (AvgIpc) is 2.85. The Kier molecular flexibility index (Phi) is 4.96. The Morgan fingerprint density at radius 3 is 2.29 bits per heavy atom. The molecule has 0 saturated carbocycles. The third-order valence-corrected chi connectivity index (χ3v) is 4.99. The van der Waals surface area contributed by atoms with Gasteiger partial charge in [0.2, 0.25) is 0 Å². The highest BCUT2D eigenvalue weighted by Crippen LogP contribution is 2.38. The molecule has 0 bridgehead atoms. The summed E-state index contributed by atoms with van der Waals surface area (Å²) in [5.41, 5.74) is 0.205. The largest absolute Gasteiger partial charge is 0.495 e. The molecule has 0 N–H and O–H groups in total. The summed E-state index contributed by atoms with van der Waals surface area (Å²) in [7, 11) is 2.83. The van der Waals surface area contributed by atoms with E-state index in [0.717, 1.165) is 0 Å². The number of hydrogen-bond acceptors (Lipinski definition) is 5. The quantitative estimate of drug-likeness (QED) is 0.732. The second-order valence-electron chi connectivity index (χ2n) is 6.63. The fourth-order valence-electron chi connectivity index (χ4n) is 3.16. The molecule has 2 aromatic carbocycles. The van der Waals surface area contributed by atoms with Gasteiger partial charge in [0, 0.05) is 17.8 Å². The first kappa shape index (κ1) is 19.6. The fraction of sp³-hybridized carbons (Fsp3) is 0.250. The molecule has 0 aliphatic carbocycles. The van der Waals surface area contributed by atoms with Crippen molar-refractivity contribution in [2.45, 2.75) is 19.4 Å². The number of nitrogens with zero attached hydrogens (tertiary/aromatic N) is 3. The lowest BCUT2D eigenvalue weighted by Crippen LogP contribution is -2.44. The Hall–Kier alpha value is -3.18. The summed E-state index contributed by atoms with van der Waals surface area (Å²) < 4.78 is 24.4. The molecule has 8 heteroatoms. The lowest BCUT2D eigenvalue weighted by molar-refractivity contribution is -0.120. The normalized spacial score (nSPS) is 15.6. The number of methoxy groups -OCH3 is 2. The minimum Gasteiger partial charge on any atom is -0.495 e. The molecule has 1 heterocycles. The number of nitriles is 1. The first-order valence-corrected chi connectivity index (χ1v) is 8.77. The van der Waals surface area contributed by atoms with Crippen molar-refractivity contribution < 1.29 is 18.7 Å². The number of rotatable bonds is 4. The lowest BCUT2D eigenvalue weighted by atomic mass is 10.0. The molecule has 2 aromatic rings. The van der Waals surface area contributed by atoms with Crippen LogP contribution in [0.2, 0.25) is 0 Å². The number of benzene rings is 2. The van der Waals surface area contributed by atoms with Crippen LogP contribution in [0.1, 0.15) is 19.4 Å². The van der Waals surface area contributed by atoms with E-state index in [1.54, 1.807) is 43.0 Å². The molecule has 144 valence electrons. The highest BCUT2D eigenvalue weighted by atomic mass is 32.1. The van der Waals surface area contributed by atoms with Gasteiger partial charge in [-0.2, -0.15) is 5.26 Å². The van der Waals surface area contributed by atoms with Crippen LogP contribution in [-0.2, 0) is 4.79 Å². The molecule has 0 aromatic heterocycles. The van der Waals surface area contributed by atoms with Crippen LogP contribution in [0.5, 0.6) is 11.5 Å². The van der Waals surface area contributed by atoms with Crippen LogP contribution >= 0.6 is 12.2 Å². The number of thiocarbonyl (C=S) groups is 1. The molecule has 6 nitrogen and oxygen atoms in total. The van der Waals surface area contributed by atoms with E-state index >= 15 is 0 Å². The van der Waals surface area contributed by atoms with Gasteiger partial charge in [-0.15, -0.1) is 0 Å². The van der Waals surface area contributed by atoms with Crippen molar-refractivity contribution in [3.05, 3.63) is 47.8 Å². The number of ether oxygens (including phenoxy) is 2. The zero-order valence-electron chi connectivity index (χ0n) is 15.8. The molecule has 1 amide bonds. The van der Waals surface area contributed by atoms with Gasteiger partial charge in [0.1, 0.15) is 17.4 Å². The van der Waals surface area contributed by atoms with Crippen molar-refractivity contribution in [1.29, 1.82) is 5.26 Å². The van der Waals surface area contributed by atoms with Gasteiger partial charge in [-0.3, -0.25) is 9.69 Å². The minimum atomic E-state index is -1.04. The zero-order chi connectivity index (χ0) is 20.6. The van der Waals surface area contributed by atoms with Gasteiger partial charge < -0.3 is 14.4 Å². The molecule has 1 saturated heterocycles. The zero-order valence-corrected chi connectivity index (χ0v) is 16.6. The molecular weight excluding hydrogens is 381 g/mol. The van der Waals surface area contributed by atoms with Gasteiger partial charge in [-0.05, 0) is 50.3 Å². The molecular formula is C20H18FN3O3S. The Balaban J connectivity index is 2.08. The van der Waals surface area contributed by atoms with Gasteiger partial charge in [-0.1, -0.05) is 0 Å². The summed E-state index contributed by atoms with van der Waals surface area (Å²) in [6.07, 6.45) is 0. The maximum Gasteiger partial charge on any atom is 0.259 e. The number of carbonyl (C=O) groups is 1. The third-order valence-electron chi connectivity index (χ3n) is 4.63. The third kappa shape index (κ3) is 2.94. The summed E-state index contributed by atoms with van der Waals surface area (Å²) in [4.78, 5) is 16.1. The molecule has 3 rings (SSSR count). The van der Waals surface area contributed by atoms with Gasteiger partial charge in [0.05, 0.1) is 25.5 Å². The van der Waals surface area contributed by atoms with Crippen LogP contribution in [0.25, 0.3) is 0 Å². The van der Waals surface area contributed by atoms with E-state index in [1.807, 2.05) is 6.07 Å². The summed E-state index contributed by atoms with van der Waals surface area (Å²) in [5, 5.41) is 9.36. The summed E-state index contributed by atoms with van der Waals surface area (Å²) >= 11 is 5.57. The fourth-order valence-corrected chi connectivity index (χ4v) is 3.68. The molecule has 1 aliphatic rings. The van der Waals surface area contributed by atoms with Crippen LogP contribution < -0.4 is 19.3 Å². The van der Waals surface area contributed by atoms with Crippen molar-refractivity contribution in [1.82, 2.24) is 0 Å². The van der Waals surface area contributed by atoms with Crippen molar-refractivity contribution in [2.24, 2.45) is 0 Å². The van der Waals surface area contributed by atoms with E-state index in [1.165, 1.54) is 31.3 Å². The van der Waals surface area contributed by atoms with Crippen LogP contribution in [0.15, 0.2) is 36.4 Å². The molecule has 28 heavy (non-hydrogen) atoms. The van der Waals surface area contributed by atoms with E-state index in [9.17, 15) is 9.18 Å². The highest BCUT2D eigenvalue weighted by Gasteiger charge is 2.50. The molecule has 0 unspecified atom stereocenters. The summed E-state index contributed by atoms with van der Waals surface area (Å²) in [6.45, 7) is 3.43. The lowest BCUT2D eigenvalue weighted by Gasteiger charge is -2.29. The Bertz CT molecular complexity index is 1020. The second kappa shape index (κ2) is 7.09. The number of anilines is 2. The van der Waals surface area contributed by atoms with Gasteiger partial charge in [-0.25, -0.2) is 4.39 Å². The molecule has 1 fully saturated rings. The van der Waals surface area contributed by atoms with Crippen molar-refractivity contribution in [3.63, 3.8) is 0 Å². The smallest absolute Gasteiger partial charge is 0.259 e. The number of carbonyl (C=O) groups excluding carboxylic acids is 1. The minimum absolute atomic E-state index is 0.103. The first-order chi connectivity index (χ1) is 13.3. The van der Waals surface area contributed by atoms with Crippen LogP contribution in [0, 0.1) is 17.1 Å². The highest BCUT2D eigenvalue weighted by molar-refractivity contribution is 7.81. The van der Waals surface area contributed by atoms with E-state index in [4.69, 9.17) is 27.0 Å². The number of halogens is 1. The van der Waals surface area contributed by atoms with E-state index in [-0.39, 0.29) is 16.8 Å². The van der Waals surface area contributed by atoms with Gasteiger partial charge in [0.25, 0.3) is 5.91 Å². The van der Waals surface area contributed by atoms with E-state index in [0.29, 0.717) is 22.7 Å². The van der Waals surface area contributed by atoms with Gasteiger partial charge in [0.15, 0.2) is 16.7 Å². The van der Waals surface area contributed by atoms with Crippen LogP contribution in [0.4, 0.5) is 15.8 Å². The predicted molar refractivity (Wildman–Crippen MR) is 107 cm³/mol. The number of amides is 1. The molecule has 0 spiro atoms. The van der Waals surface area contributed by atoms with E-state index in [2.05, 4.69) is 0 Å². The monoisotopic (exact) mass is 399 g/mol. The molecule has 0 atom stereocenters. The molecule has 1 aliphatic heterocycles. The SMILES string of the molecule is COc1ccc(N2C(=S)N(c3ccc(C#N)c(OC)c3)C(=O)C2(C)C)cc1F. The Morgan fingerprint density at radius 2 is 1.71 bits per heavy atom.